The lowest BCUT2D eigenvalue weighted by Gasteiger charge is -2.11. The number of halogens is 1. The van der Waals surface area contributed by atoms with Crippen LogP contribution >= 0.6 is 23.4 Å². The number of aromatic nitrogens is 1. The molecule has 0 bridgehead atoms. The van der Waals surface area contributed by atoms with Gasteiger partial charge in [-0.1, -0.05) is 35.5 Å². The number of nitrogens with one attached hydrogen (secondary N) is 2. The van der Waals surface area contributed by atoms with Gasteiger partial charge in [-0.15, -0.1) is 0 Å². The molecule has 0 aliphatic heterocycles. The van der Waals surface area contributed by atoms with Gasteiger partial charge in [-0.2, -0.15) is 0 Å². The number of thioether (sulfide) groups is 1. The molecule has 3 rings (SSSR count). The number of rotatable bonds is 6. The zero-order valence-electron chi connectivity index (χ0n) is 15.6. The third-order valence-corrected chi connectivity index (χ3v) is 5.28. The van der Waals surface area contributed by atoms with Crippen LogP contribution in [0.4, 0.5) is 5.69 Å². The van der Waals surface area contributed by atoms with E-state index >= 15 is 0 Å². The van der Waals surface area contributed by atoms with Gasteiger partial charge in [0.25, 0.3) is 0 Å². The summed E-state index contributed by atoms with van der Waals surface area (Å²) in [4.78, 5) is 40.4. The van der Waals surface area contributed by atoms with Gasteiger partial charge in [-0.3, -0.25) is 9.59 Å². The van der Waals surface area contributed by atoms with Gasteiger partial charge in [-0.05, 0) is 30.3 Å². The Kier molecular flexibility index (Phi) is 6.46. The SMILES string of the molecule is COC(=O)c1c(SCC(=O)Nc2ccccc2OC)[nH]c2cc(Cl)ccc2c1=O. The summed E-state index contributed by atoms with van der Waals surface area (Å²) >= 11 is 7.02. The van der Waals surface area contributed by atoms with Crippen molar-refractivity contribution in [1.29, 1.82) is 0 Å². The summed E-state index contributed by atoms with van der Waals surface area (Å²) in [7, 11) is 2.70. The second-order valence-corrected chi connectivity index (χ2v) is 7.30. The lowest BCUT2D eigenvalue weighted by molar-refractivity contribution is -0.113. The van der Waals surface area contributed by atoms with Crippen LogP contribution in [-0.4, -0.2) is 36.8 Å². The number of hydrogen-bond donors (Lipinski definition) is 2. The number of hydrogen-bond acceptors (Lipinski definition) is 6. The van der Waals surface area contributed by atoms with Crippen LogP contribution in [0, 0.1) is 0 Å². The summed E-state index contributed by atoms with van der Waals surface area (Å²) in [5.74, 6) is -0.641. The van der Waals surface area contributed by atoms with Crippen molar-refractivity contribution in [3.8, 4) is 5.75 Å². The highest BCUT2D eigenvalue weighted by Gasteiger charge is 2.21. The van der Waals surface area contributed by atoms with E-state index in [1.54, 1.807) is 36.4 Å². The third kappa shape index (κ3) is 4.55. The third-order valence-electron chi connectivity index (χ3n) is 4.05. The van der Waals surface area contributed by atoms with Gasteiger partial charge >= 0.3 is 5.97 Å². The Morgan fingerprint density at radius 3 is 2.66 bits per heavy atom. The summed E-state index contributed by atoms with van der Waals surface area (Å²) in [6.07, 6.45) is 0. The molecule has 1 amide bonds. The molecular weight excluding hydrogens is 416 g/mol. The van der Waals surface area contributed by atoms with E-state index in [1.165, 1.54) is 20.3 Å². The van der Waals surface area contributed by atoms with Crippen LogP contribution < -0.4 is 15.5 Å². The van der Waals surface area contributed by atoms with Gasteiger partial charge in [0.15, 0.2) is 0 Å². The van der Waals surface area contributed by atoms with Crippen molar-refractivity contribution in [2.45, 2.75) is 5.03 Å². The van der Waals surface area contributed by atoms with Crippen molar-refractivity contribution in [3.05, 3.63) is 63.3 Å². The highest BCUT2D eigenvalue weighted by molar-refractivity contribution is 8.00. The Labute approximate surface area is 175 Å². The fourth-order valence-corrected chi connectivity index (χ4v) is 3.73. The van der Waals surface area contributed by atoms with Crippen LogP contribution in [0.2, 0.25) is 5.02 Å². The predicted octanol–water partition coefficient (Wildman–Crippen LogP) is 3.71. The molecule has 0 fully saturated rings. The first-order chi connectivity index (χ1) is 13.9. The number of aromatic amines is 1. The van der Waals surface area contributed by atoms with Crippen LogP contribution in [0.1, 0.15) is 10.4 Å². The number of anilines is 1. The smallest absolute Gasteiger partial charge is 0.344 e. The number of ether oxygens (including phenoxy) is 2. The number of fused-ring (bicyclic) bond motifs is 1. The highest BCUT2D eigenvalue weighted by atomic mass is 35.5. The normalized spacial score (nSPS) is 10.6. The van der Waals surface area contributed by atoms with Crippen molar-refractivity contribution in [1.82, 2.24) is 4.98 Å². The lowest BCUT2D eigenvalue weighted by atomic mass is 10.1. The van der Waals surface area contributed by atoms with E-state index in [4.69, 9.17) is 21.1 Å². The number of benzene rings is 2. The molecule has 0 radical (unpaired) electrons. The van der Waals surface area contributed by atoms with Gasteiger partial charge < -0.3 is 19.8 Å². The fourth-order valence-electron chi connectivity index (χ4n) is 2.71. The number of esters is 1. The zero-order chi connectivity index (χ0) is 21.0. The second-order valence-electron chi connectivity index (χ2n) is 5.88. The number of methoxy groups -OCH3 is 2. The molecule has 9 heteroatoms. The topological polar surface area (TPSA) is 97.5 Å². The molecule has 0 saturated heterocycles. The average Bonchev–Trinajstić information content (AvgIpc) is 2.72. The van der Waals surface area contributed by atoms with Crippen molar-refractivity contribution < 1.29 is 19.1 Å². The maximum absolute atomic E-state index is 12.8. The first-order valence-electron chi connectivity index (χ1n) is 8.44. The van der Waals surface area contributed by atoms with Crippen molar-refractivity contribution in [2.75, 3.05) is 25.3 Å². The van der Waals surface area contributed by atoms with Crippen molar-refractivity contribution in [2.24, 2.45) is 0 Å². The van der Waals surface area contributed by atoms with E-state index in [1.807, 2.05) is 0 Å². The van der Waals surface area contributed by atoms with Crippen LogP contribution in [0.3, 0.4) is 0 Å². The molecule has 1 heterocycles. The van der Waals surface area contributed by atoms with Crippen LogP contribution in [0.5, 0.6) is 5.75 Å². The molecule has 0 spiro atoms. The Hall–Kier alpha value is -2.97. The highest BCUT2D eigenvalue weighted by Crippen LogP contribution is 2.26. The number of H-pyrrole nitrogens is 1. The van der Waals surface area contributed by atoms with E-state index in [-0.39, 0.29) is 22.2 Å². The van der Waals surface area contributed by atoms with Crippen LogP contribution in [0.25, 0.3) is 10.9 Å². The fraction of sp³-hybridized carbons (Fsp3) is 0.150. The van der Waals surface area contributed by atoms with Gasteiger partial charge in [0.05, 0.1) is 36.2 Å². The Morgan fingerprint density at radius 2 is 1.93 bits per heavy atom. The largest absolute Gasteiger partial charge is 0.495 e. The van der Waals surface area contributed by atoms with Crippen molar-refractivity contribution in [3.63, 3.8) is 0 Å². The number of carbonyl (C=O) groups excluding carboxylic acids is 2. The molecule has 3 aromatic rings. The minimum absolute atomic E-state index is 0.0515. The summed E-state index contributed by atoms with van der Waals surface area (Å²) in [5.41, 5.74) is 0.336. The number of pyridine rings is 1. The molecule has 1 aromatic heterocycles. The predicted molar refractivity (Wildman–Crippen MR) is 113 cm³/mol. The van der Waals surface area contributed by atoms with Crippen LogP contribution in [-0.2, 0) is 9.53 Å². The second kappa shape index (κ2) is 9.02. The van der Waals surface area contributed by atoms with E-state index in [9.17, 15) is 14.4 Å². The van der Waals surface area contributed by atoms with E-state index in [0.29, 0.717) is 27.4 Å². The average molecular weight is 433 g/mol. The van der Waals surface area contributed by atoms with Crippen molar-refractivity contribution >= 4 is 51.8 Å². The minimum Gasteiger partial charge on any atom is -0.495 e. The maximum Gasteiger partial charge on any atom is 0.344 e. The van der Waals surface area contributed by atoms with Gasteiger partial charge in [0, 0.05) is 10.4 Å². The molecule has 2 N–H and O–H groups in total. The molecule has 2 aromatic carbocycles. The zero-order valence-corrected chi connectivity index (χ0v) is 17.1. The molecule has 0 atom stereocenters. The van der Waals surface area contributed by atoms with E-state index in [2.05, 4.69) is 10.3 Å². The molecule has 0 aliphatic carbocycles. The minimum atomic E-state index is -0.782. The Balaban J connectivity index is 1.89. The summed E-state index contributed by atoms with van der Waals surface area (Å²) in [6.45, 7) is 0. The quantitative estimate of drug-likeness (QED) is 0.455. The standard InChI is InChI=1S/C20H17ClN2O5S/c1-27-15-6-4-3-5-13(15)22-16(24)10-29-19-17(20(26)28-2)18(25)12-8-7-11(21)9-14(12)23-19/h3-9H,10H2,1-2H3,(H,22,24)(H,23,25). The Morgan fingerprint density at radius 1 is 1.17 bits per heavy atom. The lowest BCUT2D eigenvalue weighted by Crippen LogP contribution is -2.20. The summed E-state index contributed by atoms with van der Waals surface area (Å²) in [6, 6.07) is 11.7. The molecule has 150 valence electrons. The molecule has 0 saturated carbocycles. The summed E-state index contributed by atoms with van der Waals surface area (Å²) < 4.78 is 9.95. The maximum atomic E-state index is 12.8. The van der Waals surface area contributed by atoms with E-state index < -0.39 is 11.4 Å². The van der Waals surface area contributed by atoms with Gasteiger partial charge in [0.1, 0.15) is 11.3 Å². The first-order valence-corrected chi connectivity index (χ1v) is 9.80. The van der Waals surface area contributed by atoms with E-state index in [0.717, 1.165) is 11.8 Å². The Bertz CT molecular complexity index is 1150. The first kappa shape index (κ1) is 20.8. The molecular formula is C20H17ClN2O5S. The monoisotopic (exact) mass is 432 g/mol. The molecule has 7 nitrogen and oxygen atoms in total. The number of carbonyl (C=O) groups is 2. The summed E-state index contributed by atoms with van der Waals surface area (Å²) in [5, 5.41) is 3.71. The number of amides is 1. The number of para-hydroxylation sites is 2. The molecule has 0 unspecified atom stereocenters. The van der Waals surface area contributed by atoms with Gasteiger partial charge in [0.2, 0.25) is 11.3 Å². The molecule has 0 aliphatic rings. The van der Waals surface area contributed by atoms with Gasteiger partial charge in [-0.25, -0.2) is 4.79 Å². The molecule has 29 heavy (non-hydrogen) atoms. The van der Waals surface area contributed by atoms with Crippen LogP contribution in [0.15, 0.2) is 52.3 Å².